The van der Waals surface area contributed by atoms with Gasteiger partial charge in [0.1, 0.15) is 11.5 Å². The Hall–Kier alpha value is -3.26. The summed E-state index contributed by atoms with van der Waals surface area (Å²) in [7, 11) is 0. The minimum absolute atomic E-state index is 0.109. The van der Waals surface area contributed by atoms with Crippen LogP contribution in [0.1, 0.15) is 18.6 Å². The number of amides is 2. The van der Waals surface area contributed by atoms with E-state index < -0.39 is 4.92 Å². The number of hydrazone groups is 1. The van der Waals surface area contributed by atoms with Gasteiger partial charge >= 0.3 is 0 Å². The maximum absolute atomic E-state index is 12.9. The fourth-order valence-electron chi connectivity index (χ4n) is 5.67. The number of carbonyl (C=O) groups excluding carboxylic acids is 2. The topological polar surface area (TPSA) is 106 Å². The lowest BCUT2D eigenvalue weighted by Crippen LogP contribution is -2.30. The van der Waals surface area contributed by atoms with Crippen molar-refractivity contribution in [2.24, 2.45) is 34.2 Å². The van der Waals surface area contributed by atoms with Crippen LogP contribution in [0.15, 0.2) is 52.0 Å². The smallest absolute Gasteiger partial charge is 0.270 e. The van der Waals surface area contributed by atoms with Crippen molar-refractivity contribution in [3.63, 3.8) is 0 Å². The predicted octanol–water partition coefficient (Wildman–Crippen LogP) is 4.04. The van der Waals surface area contributed by atoms with Crippen molar-refractivity contribution in [1.29, 1.82) is 0 Å². The largest absolute Gasteiger partial charge is 0.455 e. The Labute approximate surface area is 181 Å². The molecule has 2 amide bonds. The first kappa shape index (κ1) is 18.5. The normalized spacial score (nSPS) is 29.5. The van der Waals surface area contributed by atoms with Crippen molar-refractivity contribution in [2.45, 2.75) is 12.8 Å². The number of fused-ring (bicyclic) bond motifs is 3. The molecule has 3 aliphatic carbocycles. The molecule has 1 spiro atoms. The Bertz CT molecular complexity index is 1190. The van der Waals surface area contributed by atoms with E-state index in [1.165, 1.54) is 24.4 Å². The second-order valence-electron chi connectivity index (χ2n) is 8.58. The number of benzene rings is 1. The highest BCUT2D eigenvalue weighted by Crippen LogP contribution is 2.73. The lowest BCUT2D eigenvalue weighted by atomic mass is 9.85. The molecule has 2 saturated carbocycles. The number of nitro benzene ring substituents is 1. The van der Waals surface area contributed by atoms with Gasteiger partial charge in [0.25, 0.3) is 17.5 Å². The van der Waals surface area contributed by atoms with E-state index in [4.69, 9.17) is 16.0 Å². The van der Waals surface area contributed by atoms with E-state index in [0.717, 1.165) is 17.9 Å². The van der Waals surface area contributed by atoms with Gasteiger partial charge in [-0.2, -0.15) is 10.1 Å². The summed E-state index contributed by atoms with van der Waals surface area (Å²) in [4.78, 5) is 36.4. The number of allylic oxidation sites excluding steroid dienone is 2. The Morgan fingerprint density at radius 1 is 1.13 bits per heavy atom. The summed E-state index contributed by atoms with van der Waals surface area (Å²) in [6, 6.07) is 7.28. The van der Waals surface area contributed by atoms with Crippen LogP contribution in [0.5, 0.6) is 0 Å². The number of hydrogen-bond donors (Lipinski definition) is 0. The Kier molecular flexibility index (Phi) is 3.66. The van der Waals surface area contributed by atoms with E-state index in [-0.39, 0.29) is 46.6 Å². The Morgan fingerprint density at radius 2 is 1.81 bits per heavy atom. The molecule has 156 valence electrons. The third-order valence-corrected chi connectivity index (χ3v) is 7.51. The molecule has 6 rings (SSSR count). The summed E-state index contributed by atoms with van der Waals surface area (Å²) in [6.45, 7) is 0. The first-order valence-corrected chi connectivity index (χ1v) is 10.4. The summed E-state index contributed by atoms with van der Waals surface area (Å²) >= 11 is 6.16. The molecule has 1 aliphatic heterocycles. The maximum Gasteiger partial charge on any atom is 0.270 e. The van der Waals surface area contributed by atoms with E-state index in [1.807, 2.05) is 0 Å². The second-order valence-corrected chi connectivity index (χ2v) is 8.98. The van der Waals surface area contributed by atoms with Crippen LogP contribution in [0.3, 0.4) is 0 Å². The van der Waals surface area contributed by atoms with Crippen LogP contribution in [0.4, 0.5) is 5.69 Å². The highest BCUT2D eigenvalue weighted by molar-refractivity contribution is 6.33. The van der Waals surface area contributed by atoms with E-state index in [2.05, 4.69) is 17.3 Å². The summed E-state index contributed by atoms with van der Waals surface area (Å²) in [6.07, 6.45) is 7.70. The number of non-ortho nitro benzene ring substituents is 1. The minimum atomic E-state index is -0.514. The predicted molar refractivity (Wildman–Crippen MR) is 110 cm³/mol. The van der Waals surface area contributed by atoms with Gasteiger partial charge in [-0.1, -0.05) is 23.8 Å². The Morgan fingerprint density at radius 3 is 2.42 bits per heavy atom. The summed E-state index contributed by atoms with van der Waals surface area (Å²) in [5.74, 6) is -0.198. The molecule has 1 saturated heterocycles. The molecule has 4 aliphatic rings. The van der Waals surface area contributed by atoms with Gasteiger partial charge in [0.2, 0.25) is 0 Å². The molecule has 2 bridgehead atoms. The van der Waals surface area contributed by atoms with Crippen LogP contribution in [0.25, 0.3) is 11.3 Å². The van der Waals surface area contributed by atoms with Crippen molar-refractivity contribution in [3.05, 3.63) is 63.4 Å². The van der Waals surface area contributed by atoms with Gasteiger partial charge in [-0.05, 0) is 48.3 Å². The van der Waals surface area contributed by atoms with Gasteiger partial charge in [-0.3, -0.25) is 19.7 Å². The molecule has 9 heteroatoms. The molecule has 1 aromatic carbocycles. The van der Waals surface area contributed by atoms with Gasteiger partial charge < -0.3 is 4.42 Å². The van der Waals surface area contributed by atoms with E-state index in [0.29, 0.717) is 22.1 Å². The quantitative estimate of drug-likeness (QED) is 0.236. The number of hydrogen-bond acceptors (Lipinski definition) is 6. The van der Waals surface area contributed by atoms with Crippen LogP contribution < -0.4 is 0 Å². The fourth-order valence-corrected chi connectivity index (χ4v) is 5.88. The monoisotopic (exact) mass is 437 g/mol. The number of nitro groups is 1. The van der Waals surface area contributed by atoms with E-state index >= 15 is 0 Å². The zero-order valence-corrected chi connectivity index (χ0v) is 16.9. The highest BCUT2D eigenvalue weighted by atomic mass is 35.5. The van der Waals surface area contributed by atoms with Crippen LogP contribution in [0, 0.1) is 39.2 Å². The number of imide groups is 1. The number of rotatable bonds is 4. The molecule has 3 fully saturated rings. The van der Waals surface area contributed by atoms with Crippen molar-refractivity contribution in [3.8, 4) is 11.3 Å². The number of carbonyl (C=O) groups is 2. The lowest BCUT2D eigenvalue weighted by molar-refractivity contribution is -0.384. The van der Waals surface area contributed by atoms with Crippen molar-refractivity contribution in [2.75, 3.05) is 0 Å². The van der Waals surface area contributed by atoms with Crippen molar-refractivity contribution < 1.29 is 18.9 Å². The van der Waals surface area contributed by atoms with Gasteiger partial charge in [-0.15, -0.1) is 0 Å². The first-order chi connectivity index (χ1) is 14.9. The molecule has 0 unspecified atom stereocenters. The minimum Gasteiger partial charge on any atom is -0.455 e. The molecule has 0 N–H and O–H groups in total. The third kappa shape index (κ3) is 2.45. The third-order valence-electron chi connectivity index (χ3n) is 7.18. The molecule has 0 radical (unpaired) electrons. The molecule has 2 heterocycles. The molecule has 4 atom stereocenters. The average Bonchev–Trinajstić information content (AvgIpc) is 3.03. The summed E-state index contributed by atoms with van der Waals surface area (Å²) in [5.41, 5.74) is 0.405. The molecule has 2 aromatic rings. The Balaban J connectivity index is 1.24. The molecule has 31 heavy (non-hydrogen) atoms. The standard InChI is InChI=1S/C22H16ClN3O5/c23-16-5-1-11(26(29)30)9-13(16)17-6-2-12(31-17)10-24-25-20(27)18-14-3-4-15(19(18)21(25)28)22(14)7-8-22/h1-6,9-10,14-15,18-19H,7-8H2/b24-10-/t14-,15+,18-,19-/m0/s1. The average molecular weight is 438 g/mol. The SMILES string of the molecule is O=C1[C@@H]2[C@@H](C(=O)N1/N=C\c1ccc(-c3cc([N+](=O)[O-])ccc3Cl)o1)[C@@H]1C=C[C@H]2C12CC2. The van der Waals surface area contributed by atoms with Crippen LogP contribution in [-0.2, 0) is 9.59 Å². The van der Waals surface area contributed by atoms with Gasteiger partial charge in [0.05, 0.1) is 28.0 Å². The number of halogens is 1. The fraction of sp³-hybridized carbons (Fsp3) is 0.318. The van der Waals surface area contributed by atoms with Gasteiger partial charge in [0, 0.05) is 17.7 Å². The number of furan rings is 1. The first-order valence-electron chi connectivity index (χ1n) is 10.0. The van der Waals surface area contributed by atoms with Crippen molar-refractivity contribution >= 4 is 35.3 Å². The zero-order valence-electron chi connectivity index (χ0n) is 16.1. The second kappa shape index (κ2) is 6.13. The lowest BCUT2D eigenvalue weighted by Gasteiger charge is -2.18. The van der Waals surface area contributed by atoms with E-state index in [9.17, 15) is 19.7 Å². The highest BCUT2D eigenvalue weighted by Gasteiger charge is 2.73. The van der Waals surface area contributed by atoms with Gasteiger partial charge in [0.15, 0.2) is 0 Å². The van der Waals surface area contributed by atoms with Crippen LogP contribution in [-0.4, -0.2) is 28.0 Å². The van der Waals surface area contributed by atoms with Crippen molar-refractivity contribution in [1.82, 2.24) is 5.01 Å². The summed E-state index contributed by atoms with van der Waals surface area (Å²) in [5, 5.41) is 16.4. The molecular weight excluding hydrogens is 422 g/mol. The molecule has 1 aromatic heterocycles. The van der Waals surface area contributed by atoms with Crippen LogP contribution in [0.2, 0.25) is 5.02 Å². The molecular formula is C22H16ClN3O5. The maximum atomic E-state index is 12.9. The van der Waals surface area contributed by atoms with E-state index in [1.54, 1.807) is 12.1 Å². The summed E-state index contributed by atoms with van der Waals surface area (Å²) < 4.78 is 5.69. The molecule has 8 nitrogen and oxygen atoms in total. The number of nitrogens with zero attached hydrogens (tertiary/aromatic N) is 3. The zero-order chi connectivity index (χ0) is 21.5. The van der Waals surface area contributed by atoms with Gasteiger partial charge in [-0.25, -0.2) is 0 Å². The van der Waals surface area contributed by atoms with Crippen LogP contribution >= 0.6 is 11.6 Å².